The molecular formula is C26H30N3O3+. The highest BCUT2D eigenvalue weighted by Gasteiger charge is 2.44. The predicted molar refractivity (Wildman–Crippen MR) is 122 cm³/mol. The number of ether oxygens (including phenoxy) is 1. The molecule has 1 fully saturated rings. The monoisotopic (exact) mass is 432 g/mol. The lowest BCUT2D eigenvalue weighted by molar-refractivity contribution is -0.921. The van der Waals surface area contributed by atoms with Crippen LogP contribution in [0.1, 0.15) is 29.7 Å². The van der Waals surface area contributed by atoms with Crippen molar-refractivity contribution in [3.05, 3.63) is 96.1 Å². The van der Waals surface area contributed by atoms with Gasteiger partial charge < -0.3 is 14.3 Å². The molecule has 2 aromatic carbocycles. The first-order chi connectivity index (χ1) is 15.5. The average molecular weight is 433 g/mol. The lowest BCUT2D eigenvalue weighted by atomic mass is 9.86. The van der Waals surface area contributed by atoms with E-state index in [1.165, 1.54) is 0 Å². The molecule has 1 N–H and O–H groups in total. The summed E-state index contributed by atoms with van der Waals surface area (Å²) in [5, 5.41) is 11.6. The fraction of sp³-hybridized carbons (Fsp3) is 0.346. The molecule has 0 aliphatic carbocycles. The number of carbonyl (C=O) groups excluding carboxylic acids is 1. The van der Waals surface area contributed by atoms with Crippen molar-refractivity contribution in [3.8, 4) is 0 Å². The Bertz CT molecular complexity index is 975. The van der Waals surface area contributed by atoms with Gasteiger partial charge in [0.15, 0.2) is 0 Å². The standard InChI is InChI=1S/C26H30N3O3/c1-29(18-15-23-14-16-27-20-28-23)17-8-13-24(29)19-32-25(30)26(31,21-9-4-2-5-10-21)22-11-6-3-7-12-22/h2-7,9-12,14,16,20,24,31H,8,13,15,17-19H2,1H3/q+1/t24-,29?/m1/s1. The highest BCUT2D eigenvalue weighted by atomic mass is 16.6. The molecule has 1 aliphatic rings. The number of benzene rings is 2. The minimum Gasteiger partial charge on any atom is -0.457 e. The van der Waals surface area contributed by atoms with Gasteiger partial charge in [-0.15, -0.1) is 0 Å². The molecule has 2 atom stereocenters. The van der Waals surface area contributed by atoms with E-state index in [1.807, 2.05) is 42.5 Å². The van der Waals surface area contributed by atoms with E-state index in [4.69, 9.17) is 4.74 Å². The highest BCUT2D eigenvalue weighted by Crippen LogP contribution is 2.32. The number of likely N-dealkylation sites (tertiary alicyclic amines) is 1. The molecule has 6 heteroatoms. The van der Waals surface area contributed by atoms with Crippen molar-refractivity contribution in [2.24, 2.45) is 0 Å². The van der Waals surface area contributed by atoms with Crippen LogP contribution in [0.3, 0.4) is 0 Å². The second kappa shape index (κ2) is 9.59. The first-order valence-corrected chi connectivity index (χ1v) is 11.1. The Morgan fingerprint density at radius 2 is 1.75 bits per heavy atom. The smallest absolute Gasteiger partial charge is 0.347 e. The summed E-state index contributed by atoms with van der Waals surface area (Å²) < 4.78 is 6.64. The van der Waals surface area contributed by atoms with E-state index in [0.717, 1.165) is 42.5 Å². The Morgan fingerprint density at radius 1 is 1.09 bits per heavy atom. The number of likely N-dealkylation sites (N-methyl/N-ethyl adjacent to an activating group) is 1. The molecule has 2 heterocycles. The Balaban J connectivity index is 1.48. The SMILES string of the molecule is C[N+]1(CCc2ccncn2)CCC[C@@H]1COC(=O)C(O)(c1ccccc1)c1ccccc1. The van der Waals surface area contributed by atoms with Crippen molar-refractivity contribution < 1.29 is 19.1 Å². The molecule has 1 aromatic heterocycles. The minimum atomic E-state index is -1.84. The highest BCUT2D eigenvalue weighted by molar-refractivity contribution is 5.85. The molecule has 0 spiro atoms. The Labute approximate surface area is 189 Å². The first kappa shape index (κ1) is 22.1. The summed E-state index contributed by atoms with van der Waals surface area (Å²) in [4.78, 5) is 21.6. The fourth-order valence-electron chi connectivity index (χ4n) is 4.61. The van der Waals surface area contributed by atoms with Gasteiger partial charge in [-0.25, -0.2) is 14.8 Å². The van der Waals surface area contributed by atoms with Crippen LogP contribution < -0.4 is 0 Å². The van der Waals surface area contributed by atoms with Crippen molar-refractivity contribution in [1.29, 1.82) is 0 Å². The van der Waals surface area contributed by atoms with Gasteiger partial charge in [0.25, 0.3) is 0 Å². The number of esters is 1. The summed E-state index contributed by atoms with van der Waals surface area (Å²) in [6.45, 7) is 2.23. The topological polar surface area (TPSA) is 72.3 Å². The summed E-state index contributed by atoms with van der Waals surface area (Å²) >= 11 is 0. The van der Waals surface area contributed by atoms with Gasteiger partial charge in [-0.05, 0) is 17.2 Å². The normalized spacial score (nSPS) is 20.8. The molecule has 0 amide bonds. The molecule has 1 aliphatic heterocycles. The van der Waals surface area contributed by atoms with E-state index < -0.39 is 11.6 Å². The van der Waals surface area contributed by atoms with Crippen LogP contribution in [0, 0.1) is 0 Å². The second-order valence-electron chi connectivity index (χ2n) is 8.71. The third-order valence-corrected chi connectivity index (χ3v) is 6.70. The van der Waals surface area contributed by atoms with Crippen LogP contribution >= 0.6 is 0 Å². The van der Waals surface area contributed by atoms with E-state index in [2.05, 4.69) is 17.0 Å². The lowest BCUT2D eigenvalue weighted by Gasteiger charge is -2.36. The third-order valence-electron chi connectivity index (χ3n) is 6.70. The number of rotatable bonds is 8. The maximum atomic E-state index is 13.3. The summed E-state index contributed by atoms with van der Waals surface area (Å²) in [7, 11) is 2.22. The number of hydrogen-bond donors (Lipinski definition) is 1. The Hall–Kier alpha value is -3.09. The fourth-order valence-corrected chi connectivity index (χ4v) is 4.61. The summed E-state index contributed by atoms with van der Waals surface area (Å²) in [5.74, 6) is -0.635. The molecule has 32 heavy (non-hydrogen) atoms. The molecule has 0 bridgehead atoms. The van der Waals surface area contributed by atoms with E-state index >= 15 is 0 Å². The number of aromatic nitrogens is 2. The van der Waals surface area contributed by atoms with E-state index in [0.29, 0.717) is 11.1 Å². The summed E-state index contributed by atoms with van der Waals surface area (Å²) in [6.07, 6.45) is 6.26. The maximum absolute atomic E-state index is 13.3. The van der Waals surface area contributed by atoms with Crippen molar-refractivity contribution in [2.45, 2.75) is 30.9 Å². The van der Waals surface area contributed by atoms with E-state index in [-0.39, 0.29) is 12.6 Å². The van der Waals surface area contributed by atoms with Crippen LogP contribution in [-0.4, -0.2) is 58.3 Å². The second-order valence-corrected chi connectivity index (χ2v) is 8.71. The molecular weight excluding hydrogens is 402 g/mol. The zero-order valence-electron chi connectivity index (χ0n) is 18.4. The van der Waals surface area contributed by atoms with E-state index in [1.54, 1.807) is 36.8 Å². The van der Waals surface area contributed by atoms with Crippen molar-refractivity contribution in [1.82, 2.24) is 9.97 Å². The molecule has 6 nitrogen and oxygen atoms in total. The zero-order valence-corrected chi connectivity index (χ0v) is 18.4. The molecule has 1 unspecified atom stereocenters. The maximum Gasteiger partial charge on any atom is 0.347 e. The van der Waals surface area contributed by atoms with Crippen LogP contribution in [0.2, 0.25) is 0 Å². The van der Waals surface area contributed by atoms with E-state index in [9.17, 15) is 9.90 Å². The Kier molecular flexibility index (Phi) is 6.63. The van der Waals surface area contributed by atoms with Gasteiger partial charge >= 0.3 is 5.97 Å². The van der Waals surface area contributed by atoms with Gasteiger partial charge in [-0.3, -0.25) is 0 Å². The van der Waals surface area contributed by atoms with Crippen molar-refractivity contribution in [3.63, 3.8) is 0 Å². The first-order valence-electron chi connectivity index (χ1n) is 11.1. The van der Waals surface area contributed by atoms with Crippen LogP contribution in [0.5, 0.6) is 0 Å². The molecule has 166 valence electrons. The van der Waals surface area contributed by atoms with Gasteiger partial charge in [0.1, 0.15) is 19.0 Å². The lowest BCUT2D eigenvalue weighted by Crippen LogP contribution is -2.52. The van der Waals surface area contributed by atoms with Crippen molar-refractivity contribution in [2.75, 3.05) is 26.7 Å². The van der Waals surface area contributed by atoms with Crippen LogP contribution in [0.25, 0.3) is 0 Å². The quantitative estimate of drug-likeness (QED) is 0.437. The average Bonchev–Trinajstić information content (AvgIpc) is 3.23. The summed E-state index contributed by atoms with van der Waals surface area (Å²) in [5.41, 5.74) is 0.183. The molecule has 1 saturated heterocycles. The number of carbonyl (C=O) groups is 1. The number of nitrogens with zero attached hydrogens (tertiary/aromatic N) is 3. The zero-order chi connectivity index (χ0) is 22.4. The van der Waals surface area contributed by atoms with Crippen molar-refractivity contribution >= 4 is 5.97 Å². The minimum absolute atomic E-state index is 0.191. The summed E-state index contributed by atoms with van der Waals surface area (Å²) in [6, 6.07) is 20.1. The van der Waals surface area contributed by atoms with Crippen LogP contribution in [0.15, 0.2) is 79.3 Å². The number of quaternary nitrogens is 1. The van der Waals surface area contributed by atoms with Crippen LogP contribution in [0.4, 0.5) is 0 Å². The van der Waals surface area contributed by atoms with Gasteiger partial charge in [0, 0.05) is 31.2 Å². The van der Waals surface area contributed by atoms with Gasteiger partial charge in [0.2, 0.25) is 5.60 Å². The third kappa shape index (κ3) is 4.56. The molecule has 3 aromatic rings. The predicted octanol–water partition coefficient (Wildman–Crippen LogP) is 3.11. The largest absolute Gasteiger partial charge is 0.457 e. The molecule has 0 saturated carbocycles. The van der Waals surface area contributed by atoms with Crippen LogP contribution in [-0.2, 0) is 21.6 Å². The molecule has 0 radical (unpaired) electrons. The number of hydrogen-bond acceptors (Lipinski definition) is 5. The van der Waals surface area contributed by atoms with Gasteiger partial charge in [-0.2, -0.15) is 0 Å². The Morgan fingerprint density at radius 3 is 2.34 bits per heavy atom. The van der Waals surface area contributed by atoms with Gasteiger partial charge in [0.05, 0.1) is 20.1 Å². The van der Waals surface area contributed by atoms with Gasteiger partial charge in [-0.1, -0.05) is 60.7 Å². The number of aliphatic hydroxyl groups is 1. The molecule has 4 rings (SSSR count).